The first-order valence-electron chi connectivity index (χ1n) is 7.30. The van der Waals surface area contributed by atoms with E-state index >= 15 is 0 Å². The van der Waals surface area contributed by atoms with Crippen molar-refractivity contribution < 1.29 is 9.53 Å². The van der Waals surface area contributed by atoms with E-state index in [2.05, 4.69) is 0 Å². The van der Waals surface area contributed by atoms with Gasteiger partial charge in [0.15, 0.2) is 0 Å². The van der Waals surface area contributed by atoms with Crippen molar-refractivity contribution in [3.63, 3.8) is 0 Å². The van der Waals surface area contributed by atoms with E-state index in [1.807, 2.05) is 24.4 Å². The Hall–Kier alpha value is -1.33. The van der Waals surface area contributed by atoms with E-state index in [1.54, 1.807) is 11.3 Å². The Morgan fingerprint density at radius 2 is 2.10 bits per heavy atom. The second-order valence-corrected chi connectivity index (χ2v) is 7.62. The molecule has 3 rings (SSSR count). The number of hydrogen-bond donors (Lipinski definition) is 1. The summed E-state index contributed by atoms with van der Waals surface area (Å²) in [6.07, 6.45) is 5.55. The van der Waals surface area contributed by atoms with Crippen LogP contribution in [0.25, 0.3) is 10.4 Å². The number of rotatable bonds is 3. The molecule has 2 aromatic rings. The van der Waals surface area contributed by atoms with Gasteiger partial charge in [0.25, 0.3) is 0 Å². The minimum Gasteiger partial charge on any atom is -0.459 e. The van der Waals surface area contributed by atoms with Crippen molar-refractivity contribution in [3.05, 3.63) is 28.0 Å². The second kappa shape index (κ2) is 6.20. The van der Waals surface area contributed by atoms with Gasteiger partial charge < -0.3 is 10.5 Å². The molecular weight excluding hydrogens is 302 g/mol. The third-order valence-electron chi connectivity index (χ3n) is 3.91. The number of nitrogen functional groups attached to an aromatic ring is 1. The van der Waals surface area contributed by atoms with E-state index in [0.29, 0.717) is 10.6 Å². The molecule has 0 unspecified atom stereocenters. The predicted molar refractivity (Wildman–Crippen MR) is 89.1 cm³/mol. The van der Waals surface area contributed by atoms with Crippen LogP contribution in [-0.2, 0) is 4.74 Å². The molecule has 0 bridgehead atoms. The summed E-state index contributed by atoms with van der Waals surface area (Å²) in [4.78, 5) is 14.7. The minimum absolute atomic E-state index is 0.0574. The van der Waals surface area contributed by atoms with Crippen LogP contribution in [0, 0.1) is 6.92 Å². The molecule has 21 heavy (non-hydrogen) atoms. The van der Waals surface area contributed by atoms with Crippen LogP contribution in [0.1, 0.15) is 47.3 Å². The summed E-state index contributed by atoms with van der Waals surface area (Å²) in [5, 5.41) is 2.58. The number of anilines is 1. The van der Waals surface area contributed by atoms with E-state index in [0.717, 1.165) is 41.0 Å². The van der Waals surface area contributed by atoms with Gasteiger partial charge >= 0.3 is 5.97 Å². The number of thiophene rings is 2. The summed E-state index contributed by atoms with van der Waals surface area (Å²) < 4.78 is 5.70. The first kappa shape index (κ1) is 14.6. The summed E-state index contributed by atoms with van der Waals surface area (Å²) in [7, 11) is 0. The average Bonchev–Trinajstić information content (AvgIpc) is 3.07. The number of nitrogens with two attached hydrogens (primary N) is 1. The molecule has 2 aromatic heterocycles. The predicted octanol–water partition coefficient (Wildman–Crippen LogP) is 4.86. The van der Waals surface area contributed by atoms with Crippen LogP contribution < -0.4 is 5.73 Å². The first-order valence-corrected chi connectivity index (χ1v) is 9.00. The number of aryl methyl sites for hydroxylation is 1. The zero-order chi connectivity index (χ0) is 14.8. The third-order valence-corrected chi connectivity index (χ3v) is 5.73. The molecule has 0 atom stereocenters. The van der Waals surface area contributed by atoms with Crippen LogP contribution in [0.4, 0.5) is 5.00 Å². The first-order chi connectivity index (χ1) is 10.2. The van der Waals surface area contributed by atoms with Crippen molar-refractivity contribution >= 4 is 33.6 Å². The van der Waals surface area contributed by atoms with Crippen LogP contribution in [0.5, 0.6) is 0 Å². The van der Waals surface area contributed by atoms with Gasteiger partial charge in [-0.25, -0.2) is 4.79 Å². The zero-order valence-electron chi connectivity index (χ0n) is 12.1. The van der Waals surface area contributed by atoms with Crippen molar-refractivity contribution in [1.82, 2.24) is 0 Å². The van der Waals surface area contributed by atoms with Crippen LogP contribution in [0.3, 0.4) is 0 Å². The molecule has 112 valence electrons. The van der Waals surface area contributed by atoms with Crippen molar-refractivity contribution in [1.29, 1.82) is 0 Å². The molecule has 2 heterocycles. The van der Waals surface area contributed by atoms with Gasteiger partial charge in [-0.15, -0.1) is 22.7 Å². The van der Waals surface area contributed by atoms with Gasteiger partial charge in [-0.2, -0.15) is 0 Å². The number of hydrogen-bond acceptors (Lipinski definition) is 5. The number of carbonyl (C=O) groups excluding carboxylic acids is 1. The second-order valence-electron chi connectivity index (χ2n) is 5.42. The molecule has 1 aliphatic carbocycles. The van der Waals surface area contributed by atoms with Crippen molar-refractivity contribution in [2.45, 2.75) is 45.1 Å². The van der Waals surface area contributed by atoms with Crippen molar-refractivity contribution in [3.8, 4) is 10.4 Å². The summed E-state index contributed by atoms with van der Waals surface area (Å²) in [5.41, 5.74) is 7.59. The van der Waals surface area contributed by atoms with Gasteiger partial charge in [0, 0.05) is 15.3 Å². The lowest BCUT2D eigenvalue weighted by Crippen LogP contribution is -2.21. The fourth-order valence-corrected chi connectivity index (χ4v) is 4.71. The molecular formula is C16H19NO2S2. The molecule has 0 spiro atoms. The Morgan fingerprint density at radius 1 is 1.33 bits per heavy atom. The van der Waals surface area contributed by atoms with E-state index in [-0.39, 0.29) is 12.1 Å². The van der Waals surface area contributed by atoms with Crippen molar-refractivity contribution in [2.75, 3.05) is 5.73 Å². The number of carbonyl (C=O) groups is 1. The van der Waals surface area contributed by atoms with E-state index in [4.69, 9.17) is 10.5 Å². The molecule has 5 heteroatoms. The zero-order valence-corrected chi connectivity index (χ0v) is 13.7. The average molecular weight is 321 g/mol. The fourth-order valence-electron chi connectivity index (χ4n) is 2.88. The van der Waals surface area contributed by atoms with Crippen molar-refractivity contribution in [2.24, 2.45) is 0 Å². The largest absolute Gasteiger partial charge is 0.459 e. The summed E-state index contributed by atoms with van der Waals surface area (Å²) in [6.45, 7) is 2.01. The van der Waals surface area contributed by atoms with Crippen LogP contribution in [-0.4, -0.2) is 12.1 Å². The highest BCUT2D eigenvalue weighted by atomic mass is 32.1. The summed E-state index contributed by atoms with van der Waals surface area (Å²) in [5.74, 6) is -0.257. The van der Waals surface area contributed by atoms with Crippen LogP contribution in [0.15, 0.2) is 17.5 Å². The SMILES string of the molecule is Cc1sc(N)c(C(=O)OC2CCCCC2)c1-c1cccs1. The van der Waals surface area contributed by atoms with Gasteiger partial charge in [0.2, 0.25) is 0 Å². The van der Waals surface area contributed by atoms with E-state index in [1.165, 1.54) is 17.8 Å². The molecule has 1 aliphatic rings. The normalized spacial score (nSPS) is 16.0. The molecule has 0 amide bonds. The molecule has 3 nitrogen and oxygen atoms in total. The highest BCUT2D eigenvalue weighted by Gasteiger charge is 2.26. The summed E-state index contributed by atoms with van der Waals surface area (Å²) in [6, 6.07) is 4.01. The van der Waals surface area contributed by atoms with E-state index < -0.39 is 0 Å². The Labute approximate surface area is 132 Å². The standard InChI is InChI=1S/C16H19NO2S2/c1-10-13(12-8-5-9-20-12)14(15(17)21-10)16(18)19-11-6-3-2-4-7-11/h5,8-9,11H,2-4,6-7,17H2,1H3. The molecule has 0 saturated heterocycles. The number of esters is 1. The molecule has 0 radical (unpaired) electrons. The Balaban J connectivity index is 1.89. The van der Waals surface area contributed by atoms with Gasteiger partial charge in [0.1, 0.15) is 16.7 Å². The Kier molecular flexibility index (Phi) is 4.31. The van der Waals surface area contributed by atoms with Gasteiger partial charge in [-0.1, -0.05) is 12.5 Å². The Morgan fingerprint density at radius 3 is 2.76 bits per heavy atom. The fraction of sp³-hybridized carbons (Fsp3) is 0.438. The maximum Gasteiger partial charge on any atom is 0.342 e. The van der Waals surface area contributed by atoms with Gasteiger partial charge in [-0.05, 0) is 44.1 Å². The van der Waals surface area contributed by atoms with Crippen LogP contribution in [0.2, 0.25) is 0 Å². The van der Waals surface area contributed by atoms with E-state index in [9.17, 15) is 4.79 Å². The monoisotopic (exact) mass is 321 g/mol. The van der Waals surface area contributed by atoms with Crippen LogP contribution >= 0.6 is 22.7 Å². The molecule has 0 aliphatic heterocycles. The summed E-state index contributed by atoms with van der Waals surface area (Å²) >= 11 is 3.09. The number of ether oxygens (including phenoxy) is 1. The lowest BCUT2D eigenvalue weighted by atomic mass is 9.97. The maximum atomic E-state index is 12.6. The molecule has 0 aromatic carbocycles. The molecule has 2 N–H and O–H groups in total. The molecule has 1 saturated carbocycles. The minimum atomic E-state index is -0.257. The lowest BCUT2D eigenvalue weighted by molar-refractivity contribution is 0.0214. The van der Waals surface area contributed by atoms with Gasteiger partial charge in [0.05, 0.1) is 0 Å². The lowest BCUT2D eigenvalue weighted by Gasteiger charge is -2.22. The maximum absolute atomic E-state index is 12.6. The molecule has 1 fully saturated rings. The highest BCUT2D eigenvalue weighted by Crippen LogP contribution is 2.40. The Bertz CT molecular complexity index is 625. The highest BCUT2D eigenvalue weighted by molar-refractivity contribution is 7.18. The van der Waals surface area contributed by atoms with Gasteiger partial charge in [-0.3, -0.25) is 0 Å². The quantitative estimate of drug-likeness (QED) is 0.822. The third kappa shape index (κ3) is 2.99. The topological polar surface area (TPSA) is 52.3 Å². The smallest absolute Gasteiger partial charge is 0.342 e.